The Balaban J connectivity index is 1.98. The molecule has 0 fully saturated rings. The fourth-order valence-corrected chi connectivity index (χ4v) is 2.20. The molecule has 4 nitrogen and oxygen atoms in total. The molecule has 3 N–H and O–H groups in total. The molecule has 3 rings (SSSR count). The number of nitrogens with zero attached hydrogens (tertiary/aromatic N) is 2. The highest BCUT2D eigenvalue weighted by atomic mass is 35.5. The van der Waals surface area contributed by atoms with Gasteiger partial charge in [-0.3, -0.25) is 0 Å². The zero-order valence-corrected chi connectivity index (χ0v) is 12.2. The first-order chi connectivity index (χ1) is 10.6. The number of anilines is 3. The molecule has 6 heteroatoms. The predicted octanol–water partition coefficient (Wildman–Crippen LogP) is 4.26. The highest BCUT2D eigenvalue weighted by Crippen LogP contribution is 2.24. The van der Waals surface area contributed by atoms with E-state index in [2.05, 4.69) is 15.3 Å². The highest BCUT2D eigenvalue weighted by molar-refractivity contribution is 6.30. The Bertz CT molecular complexity index is 823. The van der Waals surface area contributed by atoms with E-state index in [0.717, 1.165) is 5.69 Å². The second-order valence-electron chi connectivity index (χ2n) is 4.62. The van der Waals surface area contributed by atoms with Crippen LogP contribution in [0.15, 0.2) is 54.6 Å². The molecule has 0 saturated heterocycles. The van der Waals surface area contributed by atoms with Gasteiger partial charge in [0.15, 0.2) is 5.82 Å². The standard InChI is InChI=1S/C16H12ClFN4/c17-10-4-3-5-11(8-10)20-15-9-14(19)21-16(22-15)12-6-1-2-7-13(12)18/h1-9H,(H3,19,20,21,22). The number of nitrogens with one attached hydrogen (secondary N) is 1. The summed E-state index contributed by atoms with van der Waals surface area (Å²) in [5, 5.41) is 3.68. The predicted molar refractivity (Wildman–Crippen MR) is 86.6 cm³/mol. The van der Waals surface area contributed by atoms with Gasteiger partial charge in [0.1, 0.15) is 17.5 Å². The van der Waals surface area contributed by atoms with Gasteiger partial charge in [-0.2, -0.15) is 0 Å². The quantitative estimate of drug-likeness (QED) is 0.758. The number of rotatable bonds is 3. The molecular formula is C16H12ClFN4. The van der Waals surface area contributed by atoms with Crippen LogP contribution in [0.1, 0.15) is 0 Å². The molecule has 1 heterocycles. The number of nitrogen functional groups attached to an aromatic ring is 1. The first kappa shape index (κ1) is 14.3. The SMILES string of the molecule is Nc1cc(Nc2cccc(Cl)c2)nc(-c2ccccc2F)n1. The molecule has 0 unspecified atom stereocenters. The maximum absolute atomic E-state index is 13.9. The Morgan fingerprint density at radius 2 is 1.82 bits per heavy atom. The topological polar surface area (TPSA) is 63.8 Å². The number of hydrogen-bond acceptors (Lipinski definition) is 4. The summed E-state index contributed by atoms with van der Waals surface area (Å²) in [6.45, 7) is 0. The molecule has 0 spiro atoms. The summed E-state index contributed by atoms with van der Waals surface area (Å²) in [7, 11) is 0. The van der Waals surface area contributed by atoms with Crippen LogP contribution >= 0.6 is 11.6 Å². The molecule has 0 aliphatic carbocycles. The van der Waals surface area contributed by atoms with Gasteiger partial charge in [-0.25, -0.2) is 14.4 Å². The van der Waals surface area contributed by atoms with Crippen molar-refractivity contribution in [2.75, 3.05) is 11.1 Å². The number of nitrogens with two attached hydrogens (primary N) is 1. The van der Waals surface area contributed by atoms with E-state index in [1.807, 2.05) is 12.1 Å². The molecule has 22 heavy (non-hydrogen) atoms. The number of aromatic nitrogens is 2. The molecule has 1 aromatic heterocycles. The third kappa shape index (κ3) is 3.15. The smallest absolute Gasteiger partial charge is 0.166 e. The van der Waals surface area contributed by atoms with Crippen LogP contribution in [0.2, 0.25) is 5.02 Å². The van der Waals surface area contributed by atoms with Gasteiger partial charge in [-0.15, -0.1) is 0 Å². The van der Waals surface area contributed by atoms with Crippen LogP contribution in [0, 0.1) is 5.82 Å². The molecule has 0 aliphatic heterocycles. The van der Waals surface area contributed by atoms with Gasteiger partial charge in [0.05, 0.1) is 5.56 Å². The van der Waals surface area contributed by atoms with Gasteiger partial charge < -0.3 is 11.1 Å². The minimum absolute atomic E-state index is 0.225. The molecule has 110 valence electrons. The Morgan fingerprint density at radius 1 is 1.00 bits per heavy atom. The van der Waals surface area contributed by atoms with Crippen molar-refractivity contribution in [2.24, 2.45) is 0 Å². The Morgan fingerprint density at radius 3 is 2.59 bits per heavy atom. The Hall–Kier alpha value is -2.66. The van der Waals surface area contributed by atoms with Gasteiger partial charge in [0, 0.05) is 16.8 Å². The molecule has 0 bridgehead atoms. The van der Waals surface area contributed by atoms with Crippen LogP contribution in [-0.4, -0.2) is 9.97 Å². The van der Waals surface area contributed by atoms with E-state index in [0.29, 0.717) is 16.4 Å². The van der Waals surface area contributed by atoms with Crippen molar-refractivity contribution in [1.82, 2.24) is 9.97 Å². The van der Waals surface area contributed by atoms with E-state index in [-0.39, 0.29) is 11.6 Å². The molecule has 0 saturated carbocycles. The summed E-state index contributed by atoms with van der Waals surface area (Å²) in [5.41, 5.74) is 6.84. The van der Waals surface area contributed by atoms with E-state index in [1.165, 1.54) is 6.07 Å². The van der Waals surface area contributed by atoms with E-state index in [4.69, 9.17) is 17.3 Å². The monoisotopic (exact) mass is 314 g/mol. The van der Waals surface area contributed by atoms with Crippen LogP contribution < -0.4 is 11.1 Å². The van der Waals surface area contributed by atoms with E-state index >= 15 is 0 Å². The Kier molecular flexibility index (Phi) is 3.89. The summed E-state index contributed by atoms with van der Waals surface area (Å²) >= 11 is 5.94. The maximum Gasteiger partial charge on any atom is 0.166 e. The summed E-state index contributed by atoms with van der Waals surface area (Å²) in [6.07, 6.45) is 0. The third-order valence-corrected chi connectivity index (χ3v) is 3.19. The van der Waals surface area contributed by atoms with Crippen molar-refractivity contribution in [3.63, 3.8) is 0 Å². The van der Waals surface area contributed by atoms with Crippen LogP contribution in [0.3, 0.4) is 0 Å². The third-order valence-electron chi connectivity index (χ3n) is 2.96. The lowest BCUT2D eigenvalue weighted by Gasteiger charge is -2.09. The van der Waals surface area contributed by atoms with E-state index in [9.17, 15) is 4.39 Å². The molecule has 0 aliphatic rings. The average molecular weight is 315 g/mol. The van der Waals surface area contributed by atoms with Gasteiger partial charge in [-0.1, -0.05) is 29.8 Å². The van der Waals surface area contributed by atoms with Crippen molar-refractivity contribution in [3.8, 4) is 11.4 Å². The van der Waals surface area contributed by atoms with Crippen molar-refractivity contribution >= 4 is 28.9 Å². The zero-order chi connectivity index (χ0) is 15.5. The van der Waals surface area contributed by atoms with Gasteiger partial charge in [0.25, 0.3) is 0 Å². The summed E-state index contributed by atoms with van der Waals surface area (Å²) in [4.78, 5) is 8.39. The lowest BCUT2D eigenvalue weighted by molar-refractivity contribution is 0.630. The second kappa shape index (κ2) is 5.99. The fraction of sp³-hybridized carbons (Fsp3) is 0. The maximum atomic E-state index is 13.9. The van der Waals surface area contributed by atoms with Crippen LogP contribution in [-0.2, 0) is 0 Å². The normalized spacial score (nSPS) is 10.5. The summed E-state index contributed by atoms with van der Waals surface area (Å²) in [5.74, 6) is 0.537. The molecular weight excluding hydrogens is 303 g/mol. The van der Waals surface area contributed by atoms with Crippen molar-refractivity contribution in [3.05, 3.63) is 65.4 Å². The number of hydrogen-bond donors (Lipinski definition) is 2. The molecule has 0 atom stereocenters. The molecule has 0 radical (unpaired) electrons. The Labute approximate surface area is 131 Å². The second-order valence-corrected chi connectivity index (χ2v) is 5.05. The van der Waals surface area contributed by atoms with Crippen LogP contribution in [0.5, 0.6) is 0 Å². The molecule has 3 aromatic rings. The van der Waals surface area contributed by atoms with Crippen molar-refractivity contribution in [1.29, 1.82) is 0 Å². The van der Waals surface area contributed by atoms with Crippen molar-refractivity contribution in [2.45, 2.75) is 0 Å². The van der Waals surface area contributed by atoms with Gasteiger partial charge in [0.2, 0.25) is 0 Å². The van der Waals surface area contributed by atoms with Gasteiger partial charge >= 0.3 is 0 Å². The number of halogens is 2. The minimum atomic E-state index is -0.401. The van der Waals surface area contributed by atoms with E-state index in [1.54, 1.807) is 36.4 Å². The largest absolute Gasteiger partial charge is 0.384 e. The van der Waals surface area contributed by atoms with Crippen molar-refractivity contribution < 1.29 is 4.39 Å². The first-order valence-electron chi connectivity index (χ1n) is 6.54. The highest BCUT2D eigenvalue weighted by Gasteiger charge is 2.10. The fourth-order valence-electron chi connectivity index (χ4n) is 2.01. The number of benzene rings is 2. The van der Waals surface area contributed by atoms with E-state index < -0.39 is 5.82 Å². The summed E-state index contributed by atoms with van der Waals surface area (Å²) < 4.78 is 13.9. The van der Waals surface area contributed by atoms with Gasteiger partial charge in [-0.05, 0) is 30.3 Å². The van der Waals surface area contributed by atoms with Crippen LogP contribution in [0.25, 0.3) is 11.4 Å². The zero-order valence-electron chi connectivity index (χ0n) is 11.4. The minimum Gasteiger partial charge on any atom is -0.384 e. The molecule has 2 aromatic carbocycles. The lowest BCUT2D eigenvalue weighted by Crippen LogP contribution is -2.01. The lowest BCUT2D eigenvalue weighted by atomic mass is 10.2. The molecule has 0 amide bonds. The summed E-state index contributed by atoms with van der Waals surface area (Å²) in [6, 6.07) is 15.0. The first-order valence-corrected chi connectivity index (χ1v) is 6.92. The average Bonchev–Trinajstić information content (AvgIpc) is 2.47. The van der Waals surface area contributed by atoms with Crippen LogP contribution in [0.4, 0.5) is 21.7 Å².